The van der Waals surface area contributed by atoms with Crippen LogP contribution in [0.25, 0.3) is 6.08 Å². The zero-order chi connectivity index (χ0) is 15.4. The molecule has 21 heavy (non-hydrogen) atoms. The van der Waals surface area contributed by atoms with Gasteiger partial charge in [0.05, 0.1) is 5.56 Å². The first-order chi connectivity index (χ1) is 10.0. The summed E-state index contributed by atoms with van der Waals surface area (Å²) in [7, 11) is 0. The fraction of sp³-hybridized carbons (Fsp3) is 0.111. The van der Waals surface area contributed by atoms with Gasteiger partial charge in [0.15, 0.2) is 0 Å². The van der Waals surface area contributed by atoms with Crippen LogP contribution in [0.1, 0.15) is 27.0 Å². The molecule has 0 saturated heterocycles. The van der Waals surface area contributed by atoms with E-state index in [9.17, 15) is 14.4 Å². The molecule has 0 aromatic heterocycles. The summed E-state index contributed by atoms with van der Waals surface area (Å²) in [6.45, 7) is 3.87. The van der Waals surface area contributed by atoms with Gasteiger partial charge in [-0.2, -0.15) is 5.26 Å². The molecule has 2 aromatic carbocycles. The summed E-state index contributed by atoms with van der Waals surface area (Å²) >= 11 is 0. The Labute approximate surface area is 123 Å². The largest absolute Gasteiger partial charge is 0.288 e. The van der Waals surface area contributed by atoms with Crippen LogP contribution in [0.3, 0.4) is 0 Å². The molecule has 0 atom stereocenters. The van der Waals surface area contributed by atoms with Gasteiger partial charge in [0.1, 0.15) is 17.5 Å². The van der Waals surface area contributed by atoms with E-state index in [0.717, 1.165) is 16.7 Å². The van der Waals surface area contributed by atoms with Crippen molar-refractivity contribution >= 4 is 11.9 Å². The molecule has 2 aromatic rings. The zero-order valence-corrected chi connectivity index (χ0v) is 11.9. The third-order valence-corrected chi connectivity index (χ3v) is 3.21. The lowest BCUT2D eigenvalue weighted by atomic mass is 9.99. The van der Waals surface area contributed by atoms with E-state index in [1.165, 1.54) is 24.3 Å². The summed E-state index contributed by atoms with van der Waals surface area (Å²) in [4.78, 5) is 12.2. The number of nitriles is 1. The minimum atomic E-state index is -0.621. The Morgan fingerprint density at radius 2 is 1.90 bits per heavy atom. The first-order valence-electron chi connectivity index (χ1n) is 6.51. The van der Waals surface area contributed by atoms with Crippen LogP contribution >= 0.6 is 0 Å². The molecule has 0 heterocycles. The van der Waals surface area contributed by atoms with E-state index in [0.29, 0.717) is 0 Å². The molecule has 0 radical (unpaired) electrons. The number of allylic oxidation sites excluding steroid dienone is 1. The van der Waals surface area contributed by atoms with Gasteiger partial charge in [0.25, 0.3) is 0 Å². The summed E-state index contributed by atoms with van der Waals surface area (Å²) in [6.07, 6.45) is 1.50. The molecule has 0 aliphatic carbocycles. The molecule has 2 nitrogen and oxygen atoms in total. The van der Waals surface area contributed by atoms with E-state index in [1.807, 2.05) is 38.1 Å². The van der Waals surface area contributed by atoms with Crippen LogP contribution in [-0.4, -0.2) is 5.78 Å². The molecule has 0 amide bonds. The maximum absolute atomic E-state index is 13.7. The SMILES string of the molecule is Cc1ccc(/C=C(\C#N)C(=O)c2ccccc2F)c(C)c1. The molecule has 2 rings (SSSR count). The van der Waals surface area contributed by atoms with Crippen LogP contribution in [0.5, 0.6) is 0 Å². The van der Waals surface area contributed by atoms with Gasteiger partial charge in [-0.05, 0) is 43.2 Å². The van der Waals surface area contributed by atoms with E-state index < -0.39 is 11.6 Å². The normalized spacial score (nSPS) is 11.0. The number of hydrogen-bond acceptors (Lipinski definition) is 2. The minimum Gasteiger partial charge on any atom is -0.288 e. The number of rotatable bonds is 3. The predicted octanol–water partition coefficient (Wildman–Crippen LogP) is 4.23. The van der Waals surface area contributed by atoms with Crippen LogP contribution in [0.2, 0.25) is 0 Å². The number of carbonyl (C=O) groups excluding carboxylic acids is 1. The second-order valence-electron chi connectivity index (χ2n) is 4.84. The first-order valence-corrected chi connectivity index (χ1v) is 6.51. The van der Waals surface area contributed by atoms with E-state index >= 15 is 0 Å². The van der Waals surface area contributed by atoms with Crippen molar-refractivity contribution in [3.63, 3.8) is 0 Å². The average molecular weight is 279 g/mol. The van der Waals surface area contributed by atoms with Crippen molar-refractivity contribution in [3.05, 3.63) is 76.1 Å². The second-order valence-corrected chi connectivity index (χ2v) is 4.84. The fourth-order valence-corrected chi connectivity index (χ4v) is 2.08. The van der Waals surface area contributed by atoms with Crippen molar-refractivity contribution in [1.82, 2.24) is 0 Å². The molecule has 0 bridgehead atoms. The quantitative estimate of drug-likeness (QED) is 0.479. The molecular formula is C18H14FNO. The molecule has 0 aliphatic rings. The van der Waals surface area contributed by atoms with Gasteiger partial charge in [-0.1, -0.05) is 35.9 Å². The molecule has 0 aliphatic heterocycles. The molecule has 0 N–H and O–H groups in total. The van der Waals surface area contributed by atoms with Gasteiger partial charge >= 0.3 is 0 Å². The summed E-state index contributed by atoms with van der Waals surface area (Å²) in [5.74, 6) is -1.22. The number of ketones is 1. The number of Topliss-reactive ketones (excluding diaryl/α,β-unsaturated/α-hetero) is 1. The Kier molecular flexibility index (Phi) is 4.30. The number of aryl methyl sites for hydroxylation is 2. The number of carbonyl (C=O) groups is 1. The Morgan fingerprint density at radius 1 is 1.19 bits per heavy atom. The zero-order valence-electron chi connectivity index (χ0n) is 11.9. The Bertz CT molecular complexity index is 769. The van der Waals surface area contributed by atoms with Crippen molar-refractivity contribution in [2.24, 2.45) is 0 Å². The number of benzene rings is 2. The maximum Gasteiger partial charge on any atom is 0.206 e. The molecule has 0 unspecified atom stereocenters. The maximum atomic E-state index is 13.7. The summed E-state index contributed by atoms with van der Waals surface area (Å²) in [5.41, 5.74) is 2.68. The topological polar surface area (TPSA) is 40.9 Å². The van der Waals surface area contributed by atoms with Gasteiger partial charge < -0.3 is 0 Å². The van der Waals surface area contributed by atoms with Gasteiger partial charge in [0.2, 0.25) is 5.78 Å². The van der Waals surface area contributed by atoms with Crippen LogP contribution in [-0.2, 0) is 0 Å². The Hall–Kier alpha value is -2.73. The van der Waals surface area contributed by atoms with E-state index in [4.69, 9.17) is 0 Å². The molecular weight excluding hydrogens is 265 g/mol. The number of hydrogen-bond donors (Lipinski definition) is 0. The lowest BCUT2D eigenvalue weighted by molar-refractivity contribution is 0.103. The van der Waals surface area contributed by atoms with Crippen LogP contribution in [0.4, 0.5) is 4.39 Å². The van der Waals surface area contributed by atoms with Crippen molar-refractivity contribution in [3.8, 4) is 6.07 Å². The van der Waals surface area contributed by atoms with Gasteiger partial charge in [-0.15, -0.1) is 0 Å². The van der Waals surface area contributed by atoms with Crippen molar-refractivity contribution in [2.45, 2.75) is 13.8 Å². The lowest BCUT2D eigenvalue weighted by Crippen LogP contribution is -2.04. The first kappa shape index (κ1) is 14.7. The number of nitrogens with zero attached hydrogens (tertiary/aromatic N) is 1. The second kappa shape index (κ2) is 6.15. The van der Waals surface area contributed by atoms with Crippen LogP contribution in [0.15, 0.2) is 48.0 Å². The molecule has 0 spiro atoms. The predicted molar refractivity (Wildman–Crippen MR) is 80.2 cm³/mol. The third kappa shape index (κ3) is 3.24. The highest BCUT2D eigenvalue weighted by Gasteiger charge is 2.16. The Morgan fingerprint density at radius 3 is 2.52 bits per heavy atom. The van der Waals surface area contributed by atoms with Gasteiger partial charge in [0, 0.05) is 0 Å². The molecule has 104 valence electrons. The van der Waals surface area contributed by atoms with Crippen molar-refractivity contribution < 1.29 is 9.18 Å². The summed E-state index contributed by atoms with van der Waals surface area (Å²) in [5, 5.41) is 9.19. The smallest absolute Gasteiger partial charge is 0.206 e. The monoisotopic (exact) mass is 279 g/mol. The van der Waals surface area contributed by atoms with E-state index in [2.05, 4.69) is 0 Å². The lowest BCUT2D eigenvalue weighted by Gasteiger charge is -2.04. The highest BCUT2D eigenvalue weighted by atomic mass is 19.1. The van der Waals surface area contributed by atoms with Crippen LogP contribution < -0.4 is 0 Å². The molecule has 3 heteroatoms. The van der Waals surface area contributed by atoms with E-state index in [1.54, 1.807) is 6.07 Å². The summed E-state index contributed by atoms with van der Waals surface area (Å²) in [6, 6.07) is 13.2. The highest BCUT2D eigenvalue weighted by molar-refractivity contribution is 6.14. The average Bonchev–Trinajstić information content (AvgIpc) is 2.46. The van der Waals surface area contributed by atoms with Crippen LogP contribution in [0, 0.1) is 31.0 Å². The Balaban J connectivity index is 2.45. The standard InChI is InChI=1S/C18H14FNO/c1-12-7-8-14(13(2)9-12)10-15(11-20)18(21)16-5-3-4-6-17(16)19/h3-10H,1-2H3/b15-10+. The van der Waals surface area contributed by atoms with E-state index in [-0.39, 0.29) is 11.1 Å². The molecule has 0 fully saturated rings. The molecule has 0 saturated carbocycles. The third-order valence-electron chi connectivity index (χ3n) is 3.21. The van der Waals surface area contributed by atoms with Gasteiger partial charge in [-0.3, -0.25) is 4.79 Å². The minimum absolute atomic E-state index is 0.0768. The fourth-order valence-electron chi connectivity index (χ4n) is 2.08. The van der Waals surface area contributed by atoms with Crippen molar-refractivity contribution in [2.75, 3.05) is 0 Å². The van der Waals surface area contributed by atoms with Crippen molar-refractivity contribution in [1.29, 1.82) is 5.26 Å². The summed E-state index contributed by atoms with van der Waals surface area (Å²) < 4.78 is 13.7. The highest BCUT2D eigenvalue weighted by Crippen LogP contribution is 2.18. The van der Waals surface area contributed by atoms with Gasteiger partial charge in [-0.25, -0.2) is 4.39 Å². The number of halogens is 1.